The molecule has 2 fully saturated rings. The number of nitrogens with zero attached hydrogens (tertiary/aromatic N) is 1. The Hall–Kier alpha value is -1.09. The highest BCUT2D eigenvalue weighted by molar-refractivity contribution is 5.49. The van der Waals surface area contributed by atoms with Crippen LogP contribution < -0.4 is 11.1 Å². The van der Waals surface area contributed by atoms with Crippen LogP contribution in [-0.2, 0) is 5.54 Å². The summed E-state index contributed by atoms with van der Waals surface area (Å²) in [5.41, 5.74) is 8.44. The molecule has 0 radical (unpaired) electrons. The quantitative estimate of drug-likeness (QED) is 0.822. The third kappa shape index (κ3) is 1.93. The van der Waals surface area contributed by atoms with E-state index in [1.807, 2.05) is 12.3 Å². The highest BCUT2D eigenvalue weighted by Crippen LogP contribution is 2.50. The molecular formula is C14H21N3. The van der Waals surface area contributed by atoms with E-state index in [9.17, 15) is 0 Å². The molecule has 1 atom stereocenters. The fourth-order valence-corrected chi connectivity index (χ4v) is 3.26. The molecule has 1 saturated heterocycles. The highest BCUT2D eigenvalue weighted by atomic mass is 15.0. The molecule has 2 aliphatic rings. The zero-order valence-corrected chi connectivity index (χ0v) is 10.3. The minimum Gasteiger partial charge on any atom is -0.398 e. The Bertz CT molecular complexity index is 390. The first-order valence-electron chi connectivity index (χ1n) is 6.78. The van der Waals surface area contributed by atoms with Gasteiger partial charge in [0.2, 0.25) is 0 Å². The highest BCUT2D eigenvalue weighted by Gasteiger charge is 2.47. The molecule has 1 aromatic heterocycles. The van der Waals surface area contributed by atoms with E-state index in [-0.39, 0.29) is 5.54 Å². The van der Waals surface area contributed by atoms with Crippen LogP contribution in [0.15, 0.2) is 18.5 Å². The first kappa shape index (κ1) is 11.0. The lowest BCUT2D eigenvalue weighted by atomic mass is 9.81. The molecule has 0 aromatic carbocycles. The largest absolute Gasteiger partial charge is 0.398 e. The second kappa shape index (κ2) is 4.30. The number of nitrogens with two attached hydrogens (primary N) is 1. The van der Waals surface area contributed by atoms with Crippen molar-refractivity contribution < 1.29 is 0 Å². The molecule has 1 aliphatic heterocycles. The fourth-order valence-electron chi connectivity index (χ4n) is 3.26. The standard InChI is InChI=1S/C14H21N3/c15-13-6-9-16-10-12(13)14(11-4-5-11)7-2-1-3-8-17-14/h6,9-11,17H,1-5,7-8H2,(H2,15,16). The van der Waals surface area contributed by atoms with Crippen molar-refractivity contribution in [3.63, 3.8) is 0 Å². The van der Waals surface area contributed by atoms with Gasteiger partial charge in [-0.3, -0.25) is 4.98 Å². The molecule has 3 N–H and O–H groups in total. The van der Waals surface area contributed by atoms with E-state index >= 15 is 0 Å². The molecule has 1 unspecified atom stereocenters. The van der Waals surface area contributed by atoms with Crippen molar-refractivity contribution in [2.45, 2.75) is 44.1 Å². The summed E-state index contributed by atoms with van der Waals surface area (Å²) in [4.78, 5) is 4.29. The van der Waals surface area contributed by atoms with Crippen molar-refractivity contribution in [3.8, 4) is 0 Å². The van der Waals surface area contributed by atoms with Gasteiger partial charge < -0.3 is 11.1 Å². The number of hydrogen-bond donors (Lipinski definition) is 2. The van der Waals surface area contributed by atoms with Crippen LogP contribution in [0.4, 0.5) is 5.69 Å². The number of rotatable bonds is 2. The summed E-state index contributed by atoms with van der Waals surface area (Å²) in [5.74, 6) is 0.770. The van der Waals surface area contributed by atoms with Crippen LogP contribution in [0.25, 0.3) is 0 Å². The maximum Gasteiger partial charge on any atom is 0.0499 e. The van der Waals surface area contributed by atoms with Gasteiger partial charge in [0.1, 0.15) is 0 Å². The molecule has 1 aliphatic carbocycles. The van der Waals surface area contributed by atoms with E-state index < -0.39 is 0 Å². The predicted molar refractivity (Wildman–Crippen MR) is 69.5 cm³/mol. The summed E-state index contributed by atoms with van der Waals surface area (Å²) in [5, 5.41) is 3.79. The van der Waals surface area contributed by atoms with Gasteiger partial charge in [0.05, 0.1) is 0 Å². The Labute approximate surface area is 103 Å². The maximum absolute atomic E-state index is 6.17. The monoisotopic (exact) mass is 231 g/mol. The van der Waals surface area contributed by atoms with Gasteiger partial charge in [-0.2, -0.15) is 0 Å². The molecule has 2 heterocycles. The van der Waals surface area contributed by atoms with Gasteiger partial charge in [-0.25, -0.2) is 0 Å². The van der Waals surface area contributed by atoms with Crippen molar-refractivity contribution in [3.05, 3.63) is 24.0 Å². The summed E-state index contributed by atoms with van der Waals surface area (Å²) in [6.45, 7) is 1.12. The lowest BCUT2D eigenvalue weighted by molar-refractivity contribution is 0.279. The SMILES string of the molecule is Nc1ccncc1C1(C2CC2)CCCCCN1. The normalized spacial score (nSPS) is 29.9. The third-order valence-corrected chi connectivity index (χ3v) is 4.30. The second-order valence-corrected chi connectivity index (χ2v) is 5.45. The number of nitrogen functional groups attached to an aromatic ring is 1. The molecule has 92 valence electrons. The van der Waals surface area contributed by atoms with Crippen LogP contribution in [-0.4, -0.2) is 11.5 Å². The molecule has 1 aromatic rings. The summed E-state index contributed by atoms with van der Waals surface area (Å²) in [6, 6.07) is 1.94. The van der Waals surface area contributed by atoms with Crippen molar-refractivity contribution in [1.29, 1.82) is 0 Å². The summed E-state index contributed by atoms with van der Waals surface area (Å²) in [7, 11) is 0. The summed E-state index contributed by atoms with van der Waals surface area (Å²) < 4.78 is 0. The number of pyridine rings is 1. The summed E-state index contributed by atoms with van der Waals surface area (Å²) >= 11 is 0. The maximum atomic E-state index is 6.17. The zero-order chi connectivity index (χ0) is 11.7. The molecule has 0 bridgehead atoms. The van der Waals surface area contributed by atoms with E-state index in [0.29, 0.717) is 0 Å². The van der Waals surface area contributed by atoms with Gasteiger partial charge in [0.15, 0.2) is 0 Å². The van der Waals surface area contributed by atoms with Crippen LogP contribution in [0.1, 0.15) is 44.1 Å². The van der Waals surface area contributed by atoms with E-state index in [0.717, 1.165) is 18.2 Å². The topological polar surface area (TPSA) is 50.9 Å². The lowest BCUT2D eigenvalue weighted by Gasteiger charge is -2.35. The molecule has 3 rings (SSSR count). The smallest absolute Gasteiger partial charge is 0.0499 e. The van der Waals surface area contributed by atoms with Crippen LogP contribution in [0.2, 0.25) is 0 Å². The molecule has 0 spiro atoms. The van der Waals surface area contributed by atoms with Crippen molar-refractivity contribution in [2.75, 3.05) is 12.3 Å². The average Bonchev–Trinajstić information content (AvgIpc) is 3.17. The Morgan fingerprint density at radius 3 is 2.94 bits per heavy atom. The van der Waals surface area contributed by atoms with E-state index in [4.69, 9.17) is 5.73 Å². The molecule has 3 nitrogen and oxygen atoms in total. The van der Waals surface area contributed by atoms with Gasteiger partial charge >= 0.3 is 0 Å². The third-order valence-electron chi connectivity index (χ3n) is 4.30. The summed E-state index contributed by atoms with van der Waals surface area (Å²) in [6.07, 6.45) is 11.6. The number of aromatic nitrogens is 1. The predicted octanol–water partition coefficient (Wildman–Crippen LogP) is 2.43. The Morgan fingerprint density at radius 2 is 2.18 bits per heavy atom. The first-order valence-corrected chi connectivity index (χ1v) is 6.78. The Morgan fingerprint density at radius 1 is 1.29 bits per heavy atom. The molecule has 1 saturated carbocycles. The second-order valence-electron chi connectivity index (χ2n) is 5.45. The zero-order valence-electron chi connectivity index (χ0n) is 10.3. The van der Waals surface area contributed by atoms with Gasteiger partial charge in [-0.1, -0.05) is 12.8 Å². The van der Waals surface area contributed by atoms with Crippen LogP contribution in [0, 0.1) is 5.92 Å². The van der Waals surface area contributed by atoms with E-state index in [2.05, 4.69) is 10.3 Å². The van der Waals surface area contributed by atoms with Gasteiger partial charge in [0, 0.05) is 29.2 Å². The molecular weight excluding hydrogens is 210 g/mol. The minimum atomic E-state index is 0.120. The Kier molecular flexibility index (Phi) is 2.79. The number of anilines is 1. The fraction of sp³-hybridized carbons (Fsp3) is 0.643. The van der Waals surface area contributed by atoms with Gasteiger partial charge in [-0.15, -0.1) is 0 Å². The van der Waals surface area contributed by atoms with E-state index in [1.54, 1.807) is 6.20 Å². The van der Waals surface area contributed by atoms with Crippen molar-refractivity contribution >= 4 is 5.69 Å². The van der Waals surface area contributed by atoms with Crippen LogP contribution in [0.5, 0.6) is 0 Å². The van der Waals surface area contributed by atoms with E-state index in [1.165, 1.54) is 44.1 Å². The Balaban J connectivity index is 2.01. The van der Waals surface area contributed by atoms with Crippen LogP contribution >= 0.6 is 0 Å². The number of nitrogens with one attached hydrogen (secondary N) is 1. The minimum absolute atomic E-state index is 0.120. The molecule has 0 amide bonds. The first-order chi connectivity index (χ1) is 8.33. The van der Waals surface area contributed by atoms with Gasteiger partial charge in [0.25, 0.3) is 0 Å². The lowest BCUT2D eigenvalue weighted by Crippen LogP contribution is -2.44. The average molecular weight is 231 g/mol. The van der Waals surface area contributed by atoms with Crippen LogP contribution in [0.3, 0.4) is 0 Å². The molecule has 3 heteroatoms. The van der Waals surface area contributed by atoms with Crippen molar-refractivity contribution in [2.24, 2.45) is 5.92 Å². The molecule has 17 heavy (non-hydrogen) atoms. The van der Waals surface area contributed by atoms with Crippen molar-refractivity contribution in [1.82, 2.24) is 10.3 Å². The number of hydrogen-bond acceptors (Lipinski definition) is 3. The van der Waals surface area contributed by atoms with Gasteiger partial charge in [-0.05, 0) is 44.2 Å².